The molecule has 1 aromatic heterocycles. The van der Waals surface area contributed by atoms with Crippen LogP contribution in [0.3, 0.4) is 0 Å². The molecular formula is C24H31N5O2S. The summed E-state index contributed by atoms with van der Waals surface area (Å²) in [5, 5.41) is 8.43. The normalized spacial score (nSPS) is 12.0. The molecule has 0 spiro atoms. The van der Waals surface area contributed by atoms with Crippen LogP contribution in [-0.2, 0) is 17.9 Å². The number of benzene rings is 2. The zero-order chi connectivity index (χ0) is 23.1. The Kier molecular flexibility index (Phi) is 8.16. The average molecular weight is 454 g/mol. The summed E-state index contributed by atoms with van der Waals surface area (Å²) in [6.07, 6.45) is 0. The molecule has 2 aromatic carbocycles. The Morgan fingerprint density at radius 3 is 2.41 bits per heavy atom. The minimum atomic E-state index is -0.345. The van der Waals surface area contributed by atoms with E-state index in [0.29, 0.717) is 30.0 Å². The van der Waals surface area contributed by atoms with E-state index < -0.39 is 0 Å². The third-order valence-corrected chi connectivity index (χ3v) is 6.23. The Labute approximate surface area is 193 Å². The van der Waals surface area contributed by atoms with Crippen LogP contribution in [0.5, 0.6) is 5.75 Å². The maximum atomic E-state index is 13.0. The highest BCUT2D eigenvalue weighted by molar-refractivity contribution is 8.00. The fourth-order valence-electron chi connectivity index (χ4n) is 3.20. The SMILES string of the molecule is CCN(Cc1ccccc1)C(=O)C(C)Sc1nnc(COc2ccc(C(C)C)cc2)n1N. The topological polar surface area (TPSA) is 86.3 Å². The number of rotatable bonds is 10. The van der Waals surface area contributed by atoms with E-state index in [-0.39, 0.29) is 17.8 Å². The third-order valence-electron chi connectivity index (χ3n) is 5.19. The summed E-state index contributed by atoms with van der Waals surface area (Å²) in [4.78, 5) is 14.8. The lowest BCUT2D eigenvalue weighted by Gasteiger charge is -2.24. The van der Waals surface area contributed by atoms with Gasteiger partial charge in [-0.15, -0.1) is 10.2 Å². The number of carbonyl (C=O) groups is 1. The van der Waals surface area contributed by atoms with E-state index in [0.717, 1.165) is 11.3 Å². The molecule has 1 heterocycles. The van der Waals surface area contributed by atoms with Crippen LogP contribution in [0.2, 0.25) is 0 Å². The molecule has 32 heavy (non-hydrogen) atoms. The summed E-state index contributed by atoms with van der Waals surface area (Å²) < 4.78 is 7.20. The predicted octanol–water partition coefficient (Wildman–Crippen LogP) is 4.22. The highest BCUT2D eigenvalue weighted by Gasteiger charge is 2.23. The summed E-state index contributed by atoms with van der Waals surface area (Å²) in [5.41, 5.74) is 2.35. The van der Waals surface area contributed by atoms with Gasteiger partial charge in [0.25, 0.3) is 0 Å². The number of nitrogens with zero attached hydrogens (tertiary/aromatic N) is 4. The Hall–Kier alpha value is -3.00. The number of hydrogen-bond acceptors (Lipinski definition) is 6. The van der Waals surface area contributed by atoms with Gasteiger partial charge in [-0.3, -0.25) is 4.79 Å². The number of carbonyl (C=O) groups excluding carboxylic acids is 1. The molecule has 7 nitrogen and oxygen atoms in total. The maximum absolute atomic E-state index is 13.0. The molecule has 0 radical (unpaired) electrons. The molecule has 1 unspecified atom stereocenters. The van der Waals surface area contributed by atoms with Gasteiger partial charge in [0.2, 0.25) is 11.1 Å². The van der Waals surface area contributed by atoms with Gasteiger partial charge in [0.15, 0.2) is 5.82 Å². The molecule has 0 saturated carbocycles. The van der Waals surface area contributed by atoms with E-state index in [2.05, 4.69) is 36.2 Å². The second kappa shape index (κ2) is 11.0. The standard InChI is InChI=1S/C24H31N5O2S/c1-5-28(15-19-9-7-6-8-10-19)23(30)18(4)32-24-27-26-22(29(24)25)16-31-21-13-11-20(12-14-21)17(2)3/h6-14,17-18H,5,15-16,25H2,1-4H3. The monoisotopic (exact) mass is 453 g/mol. The molecular weight excluding hydrogens is 422 g/mol. The molecule has 0 aliphatic carbocycles. The summed E-state index contributed by atoms with van der Waals surface area (Å²) >= 11 is 1.30. The number of amides is 1. The van der Waals surface area contributed by atoms with Crippen LogP contribution in [-0.4, -0.2) is 37.5 Å². The lowest BCUT2D eigenvalue weighted by Crippen LogP contribution is -2.36. The van der Waals surface area contributed by atoms with Crippen LogP contribution in [0.4, 0.5) is 0 Å². The molecule has 3 aromatic rings. The van der Waals surface area contributed by atoms with E-state index in [1.54, 1.807) is 0 Å². The van der Waals surface area contributed by atoms with E-state index >= 15 is 0 Å². The van der Waals surface area contributed by atoms with Crippen molar-refractivity contribution in [1.82, 2.24) is 19.8 Å². The molecule has 8 heteroatoms. The highest BCUT2D eigenvalue weighted by Crippen LogP contribution is 2.24. The summed E-state index contributed by atoms with van der Waals surface area (Å²) in [5.74, 6) is 7.92. The Morgan fingerprint density at radius 1 is 1.09 bits per heavy atom. The van der Waals surface area contributed by atoms with Crippen LogP contribution < -0.4 is 10.6 Å². The van der Waals surface area contributed by atoms with Gasteiger partial charge in [-0.2, -0.15) is 0 Å². The van der Waals surface area contributed by atoms with Gasteiger partial charge >= 0.3 is 0 Å². The zero-order valence-electron chi connectivity index (χ0n) is 19.1. The Balaban J connectivity index is 1.58. The van der Waals surface area contributed by atoms with E-state index in [9.17, 15) is 4.79 Å². The van der Waals surface area contributed by atoms with Gasteiger partial charge in [0.1, 0.15) is 12.4 Å². The fourth-order valence-corrected chi connectivity index (χ4v) is 4.07. The van der Waals surface area contributed by atoms with Crippen LogP contribution >= 0.6 is 11.8 Å². The zero-order valence-corrected chi connectivity index (χ0v) is 19.9. The summed E-state index contributed by atoms with van der Waals surface area (Å²) in [6, 6.07) is 17.9. The van der Waals surface area contributed by atoms with Crippen molar-refractivity contribution in [1.29, 1.82) is 0 Å². The lowest BCUT2D eigenvalue weighted by molar-refractivity contribution is -0.130. The van der Waals surface area contributed by atoms with Crippen LogP contribution in [0.15, 0.2) is 59.8 Å². The molecule has 0 saturated heterocycles. The van der Waals surface area contributed by atoms with Crippen LogP contribution in [0.1, 0.15) is 50.6 Å². The quantitative estimate of drug-likeness (QED) is 0.365. The van der Waals surface area contributed by atoms with E-state index in [1.165, 1.54) is 22.0 Å². The first-order chi connectivity index (χ1) is 15.4. The molecule has 170 valence electrons. The van der Waals surface area contributed by atoms with Crippen molar-refractivity contribution in [3.05, 3.63) is 71.5 Å². The first-order valence-corrected chi connectivity index (χ1v) is 11.7. The minimum Gasteiger partial charge on any atom is -0.486 e. The van der Waals surface area contributed by atoms with E-state index in [1.807, 2.05) is 61.2 Å². The maximum Gasteiger partial charge on any atom is 0.236 e. The molecule has 0 aliphatic heterocycles. The minimum absolute atomic E-state index is 0.0346. The van der Waals surface area contributed by atoms with Gasteiger partial charge in [-0.25, -0.2) is 4.68 Å². The number of nitrogen functional groups attached to an aromatic ring is 1. The van der Waals surface area contributed by atoms with Crippen molar-refractivity contribution in [2.75, 3.05) is 12.4 Å². The van der Waals surface area contributed by atoms with Gasteiger partial charge in [-0.05, 0) is 43.0 Å². The highest BCUT2D eigenvalue weighted by atomic mass is 32.2. The smallest absolute Gasteiger partial charge is 0.236 e. The number of hydrogen-bond donors (Lipinski definition) is 1. The Bertz CT molecular complexity index is 1000. The largest absolute Gasteiger partial charge is 0.486 e. The first-order valence-electron chi connectivity index (χ1n) is 10.8. The molecule has 1 amide bonds. The number of aromatic nitrogens is 3. The van der Waals surface area contributed by atoms with Gasteiger partial charge < -0.3 is 15.5 Å². The third kappa shape index (κ3) is 6.03. The number of ether oxygens (including phenoxy) is 1. The van der Waals surface area contributed by atoms with Gasteiger partial charge in [0.05, 0.1) is 5.25 Å². The molecule has 2 N–H and O–H groups in total. The van der Waals surface area contributed by atoms with Crippen molar-refractivity contribution >= 4 is 17.7 Å². The summed E-state index contributed by atoms with van der Waals surface area (Å²) in [6.45, 7) is 9.54. The number of thioether (sulfide) groups is 1. The van der Waals surface area contributed by atoms with Crippen molar-refractivity contribution in [3.63, 3.8) is 0 Å². The van der Waals surface area contributed by atoms with Crippen molar-refractivity contribution in [2.24, 2.45) is 0 Å². The second-order valence-electron chi connectivity index (χ2n) is 7.88. The van der Waals surface area contributed by atoms with Crippen molar-refractivity contribution in [2.45, 2.75) is 57.2 Å². The second-order valence-corrected chi connectivity index (χ2v) is 9.19. The number of nitrogens with two attached hydrogens (primary N) is 1. The van der Waals surface area contributed by atoms with Crippen LogP contribution in [0, 0.1) is 0 Å². The Morgan fingerprint density at radius 2 is 1.78 bits per heavy atom. The fraction of sp³-hybridized carbons (Fsp3) is 0.375. The molecule has 0 bridgehead atoms. The average Bonchev–Trinajstić information content (AvgIpc) is 3.15. The molecule has 0 aliphatic rings. The molecule has 3 rings (SSSR count). The van der Waals surface area contributed by atoms with Gasteiger partial charge in [0, 0.05) is 13.1 Å². The van der Waals surface area contributed by atoms with E-state index in [4.69, 9.17) is 10.6 Å². The predicted molar refractivity (Wildman–Crippen MR) is 128 cm³/mol. The van der Waals surface area contributed by atoms with Crippen molar-refractivity contribution in [3.8, 4) is 5.75 Å². The lowest BCUT2D eigenvalue weighted by atomic mass is 10.0. The van der Waals surface area contributed by atoms with Crippen molar-refractivity contribution < 1.29 is 9.53 Å². The molecule has 1 atom stereocenters. The first kappa shape index (κ1) is 23.7. The van der Waals surface area contributed by atoms with Gasteiger partial charge in [-0.1, -0.05) is 68.1 Å². The molecule has 0 fully saturated rings. The summed E-state index contributed by atoms with van der Waals surface area (Å²) in [7, 11) is 0. The van der Waals surface area contributed by atoms with Crippen LogP contribution in [0.25, 0.3) is 0 Å².